The summed E-state index contributed by atoms with van der Waals surface area (Å²) in [7, 11) is 0. The highest BCUT2D eigenvalue weighted by Crippen LogP contribution is 2.12. The minimum atomic E-state index is -0.0187. The lowest BCUT2D eigenvalue weighted by Crippen LogP contribution is -2.34. The molecule has 3 nitrogen and oxygen atoms in total. The van der Waals surface area contributed by atoms with Gasteiger partial charge in [0.2, 0.25) is 5.91 Å². The summed E-state index contributed by atoms with van der Waals surface area (Å²) in [6.45, 7) is 4.39. The zero-order valence-electron chi connectivity index (χ0n) is 11.6. The molecule has 1 N–H and O–H groups in total. The zero-order valence-corrected chi connectivity index (χ0v) is 11.6. The Morgan fingerprint density at radius 1 is 1.53 bits per heavy atom. The van der Waals surface area contributed by atoms with Gasteiger partial charge in [0.1, 0.15) is 5.75 Å². The van der Waals surface area contributed by atoms with Gasteiger partial charge in [-0.15, -0.1) is 12.3 Å². The van der Waals surface area contributed by atoms with Crippen molar-refractivity contribution < 1.29 is 9.53 Å². The van der Waals surface area contributed by atoms with Crippen LogP contribution in [0.15, 0.2) is 24.3 Å². The normalized spacial score (nSPS) is 11.4. The minimum Gasteiger partial charge on any atom is -0.493 e. The van der Waals surface area contributed by atoms with Gasteiger partial charge in [-0.25, -0.2) is 0 Å². The Hall–Kier alpha value is -1.95. The van der Waals surface area contributed by atoms with E-state index in [0.29, 0.717) is 19.4 Å². The van der Waals surface area contributed by atoms with Gasteiger partial charge in [0, 0.05) is 12.5 Å². The van der Waals surface area contributed by atoms with Gasteiger partial charge in [-0.3, -0.25) is 4.79 Å². The number of hydrogen-bond donors (Lipinski definition) is 1. The van der Waals surface area contributed by atoms with Gasteiger partial charge in [0.25, 0.3) is 0 Å². The highest BCUT2D eigenvalue weighted by molar-refractivity contribution is 5.76. The Bertz CT molecular complexity index is 448. The summed E-state index contributed by atoms with van der Waals surface area (Å²) >= 11 is 0. The number of rotatable bonds is 7. The molecule has 0 aliphatic rings. The SMILES string of the molecule is C#CCC(CC)NC(=O)CCOc1cccc(C)c1. The summed E-state index contributed by atoms with van der Waals surface area (Å²) in [4.78, 5) is 11.7. The van der Waals surface area contributed by atoms with Crippen molar-refractivity contribution in [2.24, 2.45) is 0 Å². The summed E-state index contributed by atoms with van der Waals surface area (Å²) < 4.78 is 5.53. The van der Waals surface area contributed by atoms with E-state index in [2.05, 4.69) is 11.2 Å². The maximum atomic E-state index is 11.7. The molecule has 0 heterocycles. The Balaban J connectivity index is 2.29. The molecule has 0 saturated carbocycles. The van der Waals surface area contributed by atoms with Crippen LogP contribution in [0.3, 0.4) is 0 Å². The third kappa shape index (κ3) is 5.96. The van der Waals surface area contributed by atoms with Gasteiger partial charge >= 0.3 is 0 Å². The largest absolute Gasteiger partial charge is 0.493 e. The second-order valence-electron chi connectivity index (χ2n) is 4.50. The number of ether oxygens (including phenoxy) is 1. The van der Waals surface area contributed by atoms with Crippen LogP contribution in [-0.2, 0) is 4.79 Å². The fraction of sp³-hybridized carbons (Fsp3) is 0.438. The molecule has 0 spiro atoms. The van der Waals surface area contributed by atoms with Crippen LogP contribution < -0.4 is 10.1 Å². The quantitative estimate of drug-likeness (QED) is 0.765. The van der Waals surface area contributed by atoms with Crippen molar-refractivity contribution in [3.05, 3.63) is 29.8 Å². The molecule has 0 fully saturated rings. The number of aryl methyl sites for hydroxylation is 1. The highest BCUT2D eigenvalue weighted by Gasteiger charge is 2.09. The lowest BCUT2D eigenvalue weighted by molar-refractivity contribution is -0.122. The third-order valence-corrected chi connectivity index (χ3v) is 2.81. The minimum absolute atomic E-state index is 0.0187. The van der Waals surface area contributed by atoms with Crippen LogP contribution in [0.5, 0.6) is 5.75 Å². The zero-order chi connectivity index (χ0) is 14.1. The smallest absolute Gasteiger partial charge is 0.223 e. The monoisotopic (exact) mass is 259 g/mol. The summed E-state index contributed by atoms with van der Waals surface area (Å²) in [5.74, 6) is 3.34. The van der Waals surface area contributed by atoms with Crippen LogP contribution in [0.4, 0.5) is 0 Å². The second-order valence-corrected chi connectivity index (χ2v) is 4.50. The standard InChI is InChI=1S/C16H21NO2/c1-4-7-14(5-2)17-16(18)10-11-19-15-9-6-8-13(3)12-15/h1,6,8-9,12,14H,5,7,10-11H2,2-3H3,(H,17,18). The van der Waals surface area contributed by atoms with Crippen molar-refractivity contribution in [1.82, 2.24) is 5.32 Å². The van der Waals surface area contributed by atoms with Gasteiger partial charge in [-0.05, 0) is 31.0 Å². The molecule has 3 heteroatoms. The molecule has 1 amide bonds. The van der Waals surface area contributed by atoms with E-state index < -0.39 is 0 Å². The number of benzene rings is 1. The Labute approximate surface area is 115 Å². The van der Waals surface area contributed by atoms with Crippen molar-refractivity contribution >= 4 is 5.91 Å². The number of amides is 1. The summed E-state index contributed by atoms with van der Waals surface area (Å²) in [5, 5.41) is 2.90. The van der Waals surface area contributed by atoms with Crippen molar-refractivity contribution in [2.45, 2.75) is 39.2 Å². The first-order valence-corrected chi connectivity index (χ1v) is 6.58. The van der Waals surface area contributed by atoms with Crippen LogP contribution in [0, 0.1) is 19.3 Å². The molecule has 1 aromatic rings. The summed E-state index contributed by atoms with van der Waals surface area (Å²) in [5.41, 5.74) is 1.14. The predicted molar refractivity (Wildman–Crippen MR) is 77.0 cm³/mol. The molecule has 0 aliphatic carbocycles. The van der Waals surface area contributed by atoms with E-state index in [4.69, 9.17) is 11.2 Å². The first-order valence-electron chi connectivity index (χ1n) is 6.58. The van der Waals surface area contributed by atoms with E-state index in [1.165, 1.54) is 0 Å². The van der Waals surface area contributed by atoms with Crippen molar-refractivity contribution in [1.29, 1.82) is 0 Å². The van der Waals surface area contributed by atoms with E-state index in [-0.39, 0.29) is 11.9 Å². The van der Waals surface area contributed by atoms with Crippen LogP contribution in [0.25, 0.3) is 0 Å². The molecule has 0 aliphatic heterocycles. The van der Waals surface area contributed by atoms with Crippen LogP contribution in [0.1, 0.15) is 31.7 Å². The number of carbonyl (C=O) groups excluding carboxylic acids is 1. The highest BCUT2D eigenvalue weighted by atomic mass is 16.5. The average Bonchev–Trinajstić information content (AvgIpc) is 2.38. The number of hydrogen-bond acceptors (Lipinski definition) is 2. The summed E-state index contributed by atoms with van der Waals surface area (Å²) in [6.07, 6.45) is 7.00. The number of terminal acetylenes is 1. The molecular formula is C16H21NO2. The van der Waals surface area contributed by atoms with E-state index >= 15 is 0 Å². The Morgan fingerprint density at radius 3 is 2.95 bits per heavy atom. The molecule has 1 unspecified atom stereocenters. The van der Waals surface area contributed by atoms with Crippen LogP contribution in [-0.4, -0.2) is 18.6 Å². The summed E-state index contributed by atoms with van der Waals surface area (Å²) in [6, 6.07) is 7.84. The molecular weight excluding hydrogens is 238 g/mol. The fourth-order valence-electron chi connectivity index (χ4n) is 1.71. The third-order valence-electron chi connectivity index (χ3n) is 2.81. The van der Waals surface area contributed by atoms with Gasteiger partial charge < -0.3 is 10.1 Å². The number of carbonyl (C=O) groups is 1. The molecule has 19 heavy (non-hydrogen) atoms. The van der Waals surface area contributed by atoms with Gasteiger partial charge in [-0.2, -0.15) is 0 Å². The molecule has 1 rings (SSSR count). The van der Waals surface area contributed by atoms with Crippen LogP contribution in [0.2, 0.25) is 0 Å². The second kappa shape index (κ2) is 8.20. The molecule has 0 aromatic heterocycles. The van der Waals surface area contributed by atoms with Crippen molar-refractivity contribution in [3.63, 3.8) is 0 Å². The van der Waals surface area contributed by atoms with Gasteiger partial charge in [0.15, 0.2) is 0 Å². The molecule has 0 saturated heterocycles. The Kier molecular flexibility index (Phi) is 6.52. The van der Waals surface area contributed by atoms with Gasteiger partial charge in [0.05, 0.1) is 13.0 Å². The fourth-order valence-corrected chi connectivity index (χ4v) is 1.71. The first-order chi connectivity index (χ1) is 9.15. The average molecular weight is 259 g/mol. The van der Waals surface area contributed by atoms with E-state index in [1.54, 1.807) is 0 Å². The lowest BCUT2D eigenvalue weighted by Gasteiger charge is -2.14. The van der Waals surface area contributed by atoms with E-state index in [0.717, 1.165) is 17.7 Å². The predicted octanol–water partition coefficient (Wildman–Crippen LogP) is 2.68. The topological polar surface area (TPSA) is 38.3 Å². The molecule has 1 aromatic carbocycles. The molecule has 0 radical (unpaired) electrons. The van der Waals surface area contributed by atoms with E-state index in [9.17, 15) is 4.79 Å². The lowest BCUT2D eigenvalue weighted by atomic mass is 10.1. The molecule has 0 bridgehead atoms. The van der Waals surface area contributed by atoms with E-state index in [1.807, 2.05) is 38.1 Å². The molecule has 102 valence electrons. The first kappa shape index (κ1) is 15.1. The molecule has 1 atom stereocenters. The van der Waals surface area contributed by atoms with Crippen molar-refractivity contribution in [2.75, 3.05) is 6.61 Å². The van der Waals surface area contributed by atoms with Crippen LogP contribution >= 0.6 is 0 Å². The number of nitrogens with one attached hydrogen (secondary N) is 1. The maximum absolute atomic E-state index is 11.7. The van der Waals surface area contributed by atoms with Crippen molar-refractivity contribution in [3.8, 4) is 18.1 Å². The maximum Gasteiger partial charge on any atom is 0.223 e. The Morgan fingerprint density at radius 2 is 2.32 bits per heavy atom. The van der Waals surface area contributed by atoms with Gasteiger partial charge in [-0.1, -0.05) is 19.1 Å².